The summed E-state index contributed by atoms with van der Waals surface area (Å²) >= 11 is 0. The Morgan fingerprint density at radius 2 is 1.64 bits per heavy atom. The van der Waals surface area contributed by atoms with Crippen LogP contribution in [0.25, 0.3) is 0 Å². The fourth-order valence-electron chi connectivity index (χ4n) is 5.15. The maximum atomic E-state index is 12.9. The van der Waals surface area contributed by atoms with Gasteiger partial charge in [-0.05, 0) is 50.3 Å². The molecule has 1 fully saturated rings. The fraction of sp³-hybridized carbons (Fsp3) is 0.393. The van der Waals surface area contributed by atoms with Crippen LogP contribution in [0.1, 0.15) is 59.9 Å². The number of amides is 1. The van der Waals surface area contributed by atoms with E-state index < -0.39 is 0 Å². The summed E-state index contributed by atoms with van der Waals surface area (Å²) in [5.74, 6) is 1.86. The second kappa shape index (κ2) is 9.84. The molecule has 3 aromatic rings. The van der Waals surface area contributed by atoms with E-state index in [1.165, 1.54) is 18.4 Å². The monoisotopic (exact) mass is 440 g/mol. The first kappa shape index (κ1) is 21.8. The number of aromatic nitrogens is 2. The lowest BCUT2D eigenvalue weighted by Gasteiger charge is -2.36. The number of anilines is 1. The van der Waals surface area contributed by atoms with Crippen molar-refractivity contribution in [2.75, 3.05) is 18.0 Å². The van der Waals surface area contributed by atoms with E-state index in [1.807, 2.05) is 23.1 Å². The maximum Gasteiger partial charge on any atom is 0.228 e. The minimum atomic E-state index is 0.153. The minimum Gasteiger partial charge on any atom is -0.293 e. The summed E-state index contributed by atoms with van der Waals surface area (Å²) < 4.78 is 0. The van der Waals surface area contributed by atoms with Crippen molar-refractivity contribution >= 4 is 11.7 Å². The van der Waals surface area contributed by atoms with Crippen LogP contribution in [0.5, 0.6) is 0 Å². The van der Waals surface area contributed by atoms with Crippen molar-refractivity contribution in [3.05, 3.63) is 88.9 Å². The second-order valence-corrected chi connectivity index (χ2v) is 9.22. The maximum absolute atomic E-state index is 12.9. The average molecular weight is 441 g/mol. The number of likely N-dealkylation sites (tertiary alicyclic amines) is 1. The van der Waals surface area contributed by atoms with Gasteiger partial charge in [0.1, 0.15) is 11.6 Å². The van der Waals surface area contributed by atoms with E-state index in [4.69, 9.17) is 9.97 Å². The smallest absolute Gasteiger partial charge is 0.228 e. The minimum absolute atomic E-state index is 0.153. The van der Waals surface area contributed by atoms with Crippen LogP contribution >= 0.6 is 0 Å². The third-order valence-electron chi connectivity index (χ3n) is 6.98. The second-order valence-electron chi connectivity index (χ2n) is 9.22. The number of piperidine rings is 1. The quantitative estimate of drug-likeness (QED) is 0.539. The average Bonchev–Trinajstić information content (AvgIpc) is 2.86. The van der Waals surface area contributed by atoms with Crippen molar-refractivity contribution in [2.45, 2.75) is 58.0 Å². The van der Waals surface area contributed by atoms with Gasteiger partial charge in [0.15, 0.2) is 0 Å². The van der Waals surface area contributed by atoms with Gasteiger partial charge in [-0.3, -0.25) is 14.6 Å². The summed E-state index contributed by atoms with van der Waals surface area (Å²) in [6.45, 7) is 4.72. The van der Waals surface area contributed by atoms with Crippen LogP contribution in [0, 0.1) is 6.92 Å². The van der Waals surface area contributed by atoms with Crippen molar-refractivity contribution in [1.82, 2.24) is 14.9 Å². The Morgan fingerprint density at radius 1 is 0.909 bits per heavy atom. The van der Waals surface area contributed by atoms with Crippen molar-refractivity contribution in [3.8, 4) is 0 Å². The normalized spacial score (nSPS) is 18.9. The van der Waals surface area contributed by atoms with Crippen LogP contribution in [0.2, 0.25) is 0 Å². The van der Waals surface area contributed by atoms with Gasteiger partial charge in [0.25, 0.3) is 0 Å². The fourth-order valence-corrected chi connectivity index (χ4v) is 5.15. The van der Waals surface area contributed by atoms with Crippen LogP contribution in [0.4, 0.5) is 5.82 Å². The number of nitrogens with zero attached hydrogens (tertiary/aromatic N) is 4. The Balaban J connectivity index is 1.43. The first-order valence-electron chi connectivity index (χ1n) is 12.2. The van der Waals surface area contributed by atoms with Crippen LogP contribution in [0.3, 0.4) is 0 Å². The lowest BCUT2D eigenvalue weighted by molar-refractivity contribution is -0.119. The van der Waals surface area contributed by atoms with Gasteiger partial charge >= 0.3 is 0 Å². The lowest BCUT2D eigenvalue weighted by Crippen LogP contribution is -2.39. The Labute approximate surface area is 196 Å². The molecule has 2 aliphatic rings. The lowest BCUT2D eigenvalue weighted by atomic mass is 9.98. The van der Waals surface area contributed by atoms with Gasteiger partial charge < -0.3 is 0 Å². The summed E-state index contributed by atoms with van der Waals surface area (Å²) in [4.78, 5) is 27.4. The molecule has 0 radical (unpaired) electrons. The highest BCUT2D eigenvalue weighted by Gasteiger charge is 2.32. The predicted molar refractivity (Wildman–Crippen MR) is 131 cm³/mol. The molecule has 1 saturated heterocycles. The summed E-state index contributed by atoms with van der Waals surface area (Å²) in [7, 11) is 0. The zero-order valence-electron chi connectivity index (χ0n) is 19.4. The first-order chi connectivity index (χ1) is 16.2. The van der Waals surface area contributed by atoms with Crippen LogP contribution in [0.15, 0.2) is 60.7 Å². The molecule has 1 aromatic heterocycles. The van der Waals surface area contributed by atoms with E-state index in [0.29, 0.717) is 13.0 Å². The molecule has 2 aromatic carbocycles. The van der Waals surface area contributed by atoms with Gasteiger partial charge in [0.2, 0.25) is 5.91 Å². The SMILES string of the molecule is Cc1nc([C@@H]2CCCCN2CCc2ccccc2)nc2c1CCC(=O)N2Cc1ccccc1. The van der Waals surface area contributed by atoms with Crippen molar-refractivity contribution in [1.29, 1.82) is 0 Å². The number of hydrogen-bond donors (Lipinski definition) is 0. The van der Waals surface area contributed by atoms with E-state index >= 15 is 0 Å². The molecule has 0 spiro atoms. The molecule has 5 nitrogen and oxygen atoms in total. The zero-order chi connectivity index (χ0) is 22.6. The van der Waals surface area contributed by atoms with Crippen LogP contribution < -0.4 is 4.90 Å². The van der Waals surface area contributed by atoms with Gasteiger partial charge in [-0.25, -0.2) is 9.97 Å². The predicted octanol–water partition coefficient (Wildman–Crippen LogP) is 5.03. The Hall–Kier alpha value is -3.05. The third-order valence-corrected chi connectivity index (χ3v) is 6.98. The molecule has 0 aliphatic carbocycles. The first-order valence-corrected chi connectivity index (χ1v) is 12.2. The largest absolute Gasteiger partial charge is 0.293 e. The zero-order valence-corrected chi connectivity index (χ0v) is 19.4. The highest BCUT2D eigenvalue weighted by Crippen LogP contribution is 2.34. The molecule has 1 amide bonds. The van der Waals surface area contributed by atoms with E-state index in [9.17, 15) is 4.79 Å². The molecule has 5 heteroatoms. The van der Waals surface area contributed by atoms with Crippen LogP contribution in [-0.2, 0) is 24.2 Å². The number of rotatable bonds is 6. The van der Waals surface area contributed by atoms with E-state index in [-0.39, 0.29) is 11.9 Å². The highest BCUT2D eigenvalue weighted by molar-refractivity contribution is 5.95. The number of carbonyl (C=O) groups excluding carboxylic acids is 1. The number of carbonyl (C=O) groups is 1. The van der Waals surface area contributed by atoms with E-state index in [1.54, 1.807) is 0 Å². The summed E-state index contributed by atoms with van der Waals surface area (Å²) in [6, 6.07) is 21.1. The molecule has 5 rings (SSSR count). The van der Waals surface area contributed by atoms with Crippen molar-refractivity contribution < 1.29 is 4.79 Å². The molecule has 0 bridgehead atoms. The Bertz CT molecular complexity index is 1100. The molecule has 1 atom stereocenters. The van der Waals surface area contributed by atoms with Gasteiger partial charge in [-0.2, -0.15) is 0 Å². The van der Waals surface area contributed by atoms with Gasteiger partial charge in [0.05, 0.1) is 12.6 Å². The molecule has 2 aliphatic heterocycles. The number of hydrogen-bond acceptors (Lipinski definition) is 4. The number of benzene rings is 2. The Morgan fingerprint density at radius 3 is 2.39 bits per heavy atom. The van der Waals surface area contributed by atoms with Crippen LogP contribution in [-0.4, -0.2) is 33.9 Å². The topological polar surface area (TPSA) is 49.3 Å². The standard InChI is InChI=1S/C28H32N4O/c1-21-24-15-16-26(33)32(20-23-12-6-3-7-13-23)28(24)30-27(29-21)25-14-8-9-18-31(25)19-17-22-10-4-2-5-11-22/h2-7,10-13,25H,8-9,14-20H2,1H3/t25-/m0/s1. The molecular weight excluding hydrogens is 408 g/mol. The summed E-state index contributed by atoms with van der Waals surface area (Å²) in [5, 5.41) is 0. The van der Waals surface area contributed by atoms with Crippen molar-refractivity contribution in [3.63, 3.8) is 0 Å². The van der Waals surface area contributed by atoms with Gasteiger partial charge in [-0.1, -0.05) is 67.1 Å². The van der Waals surface area contributed by atoms with E-state index in [2.05, 4.69) is 54.3 Å². The molecule has 33 heavy (non-hydrogen) atoms. The third kappa shape index (κ3) is 4.83. The molecule has 0 N–H and O–H groups in total. The molecule has 0 saturated carbocycles. The summed E-state index contributed by atoms with van der Waals surface area (Å²) in [6.07, 6.45) is 5.76. The van der Waals surface area contributed by atoms with Gasteiger partial charge in [0, 0.05) is 24.2 Å². The number of aryl methyl sites for hydroxylation is 1. The van der Waals surface area contributed by atoms with Gasteiger partial charge in [-0.15, -0.1) is 0 Å². The molecular formula is C28H32N4O. The highest BCUT2D eigenvalue weighted by atomic mass is 16.2. The molecule has 0 unspecified atom stereocenters. The molecule has 3 heterocycles. The Kier molecular flexibility index (Phi) is 6.49. The number of fused-ring (bicyclic) bond motifs is 1. The summed E-state index contributed by atoms with van der Waals surface area (Å²) in [5.41, 5.74) is 4.64. The van der Waals surface area contributed by atoms with Crippen molar-refractivity contribution in [2.24, 2.45) is 0 Å². The molecule has 170 valence electrons. The van der Waals surface area contributed by atoms with E-state index in [0.717, 1.165) is 60.8 Å².